The van der Waals surface area contributed by atoms with Gasteiger partial charge in [-0.25, -0.2) is 4.98 Å². The Labute approximate surface area is 119 Å². The molecule has 0 unspecified atom stereocenters. The lowest BCUT2D eigenvalue weighted by atomic mass is 10.3. The smallest absolute Gasteiger partial charge is 0.158 e. The Hall–Kier alpha value is -0.820. The van der Waals surface area contributed by atoms with Gasteiger partial charge in [-0.1, -0.05) is 11.8 Å². The average molecular weight is 297 g/mol. The number of ether oxygens (including phenoxy) is 2. The van der Waals surface area contributed by atoms with Gasteiger partial charge in [-0.3, -0.25) is 0 Å². The van der Waals surface area contributed by atoms with Crippen molar-refractivity contribution < 1.29 is 14.6 Å². The van der Waals surface area contributed by atoms with Crippen LogP contribution in [0.15, 0.2) is 22.5 Å². The molecule has 0 amide bonds. The molecule has 2 heterocycles. The number of hydrogen-bond donors (Lipinski definition) is 1. The van der Waals surface area contributed by atoms with Crippen LogP contribution in [0.25, 0.3) is 10.2 Å². The van der Waals surface area contributed by atoms with Crippen LogP contribution in [0.5, 0.6) is 5.75 Å². The van der Waals surface area contributed by atoms with Gasteiger partial charge < -0.3 is 14.6 Å². The molecule has 1 fully saturated rings. The summed E-state index contributed by atoms with van der Waals surface area (Å²) in [4.78, 5) is 4.53. The lowest BCUT2D eigenvalue weighted by molar-refractivity contribution is -0.178. The van der Waals surface area contributed by atoms with Crippen molar-refractivity contribution >= 4 is 33.3 Å². The molecule has 102 valence electrons. The Balaban J connectivity index is 1.56. The van der Waals surface area contributed by atoms with Crippen molar-refractivity contribution in [3.63, 3.8) is 0 Å². The average Bonchev–Trinajstić information content (AvgIpc) is 2.82. The van der Waals surface area contributed by atoms with Crippen LogP contribution in [0, 0.1) is 0 Å². The number of hydrogen-bond acceptors (Lipinski definition) is 6. The van der Waals surface area contributed by atoms with Crippen LogP contribution >= 0.6 is 23.1 Å². The molecule has 4 nitrogen and oxygen atoms in total. The second kappa shape index (κ2) is 6.09. The van der Waals surface area contributed by atoms with Crippen molar-refractivity contribution in [2.75, 3.05) is 19.0 Å². The Bertz CT molecular complexity index is 552. The molecule has 0 radical (unpaired) electrons. The fourth-order valence-corrected chi connectivity index (χ4v) is 4.03. The molecular formula is C13H15NO3S2. The van der Waals surface area contributed by atoms with E-state index in [9.17, 15) is 5.11 Å². The highest BCUT2D eigenvalue weighted by Gasteiger charge is 2.14. The SMILES string of the molecule is Oc1ccc2nc(SCCC3OCCCO3)sc2c1. The highest BCUT2D eigenvalue weighted by atomic mass is 32.2. The number of aromatic hydroxyl groups is 1. The van der Waals surface area contributed by atoms with Gasteiger partial charge in [-0.05, 0) is 24.6 Å². The first-order valence-corrected chi connectivity index (χ1v) is 8.07. The van der Waals surface area contributed by atoms with E-state index in [1.54, 1.807) is 35.2 Å². The standard InChI is InChI=1S/C13H15NO3S2/c15-9-2-3-10-11(8-9)19-13(14-10)18-7-4-12-16-5-1-6-17-12/h2-3,8,12,15H,1,4-7H2. The summed E-state index contributed by atoms with van der Waals surface area (Å²) in [6.07, 6.45) is 1.82. The molecule has 1 saturated heterocycles. The first kappa shape index (κ1) is 13.2. The monoisotopic (exact) mass is 297 g/mol. The van der Waals surface area contributed by atoms with Crippen molar-refractivity contribution in [1.29, 1.82) is 0 Å². The maximum absolute atomic E-state index is 9.42. The zero-order valence-corrected chi connectivity index (χ0v) is 12.0. The predicted molar refractivity (Wildman–Crippen MR) is 76.9 cm³/mol. The van der Waals surface area contributed by atoms with Gasteiger partial charge in [-0.2, -0.15) is 0 Å². The summed E-state index contributed by atoms with van der Waals surface area (Å²) in [7, 11) is 0. The lowest BCUT2D eigenvalue weighted by Crippen LogP contribution is -2.25. The van der Waals surface area contributed by atoms with Gasteiger partial charge in [0.15, 0.2) is 10.6 Å². The predicted octanol–water partition coefficient (Wildman–Crippen LogP) is 3.25. The van der Waals surface area contributed by atoms with Gasteiger partial charge in [0.1, 0.15) is 5.75 Å². The number of benzene rings is 1. The third-order valence-corrected chi connectivity index (χ3v) is 5.02. The Morgan fingerprint density at radius 3 is 3.05 bits per heavy atom. The summed E-state index contributed by atoms with van der Waals surface area (Å²) in [5.41, 5.74) is 0.940. The van der Waals surface area contributed by atoms with Crippen molar-refractivity contribution in [3.05, 3.63) is 18.2 Å². The zero-order chi connectivity index (χ0) is 13.1. The molecule has 2 aromatic rings. The minimum absolute atomic E-state index is 0.0559. The maximum atomic E-state index is 9.42. The van der Waals surface area contributed by atoms with E-state index in [0.29, 0.717) is 0 Å². The molecule has 1 aliphatic rings. The Kier molecular flexibility index (Phi) is 4.22. The quantitative estimate of drug-likeness (QED) is 0.878. The summed E-state index contributed by atoms with van der Waals surface area (Å²) in [5, 5.41) is 9.42. The molecule has 0 saturated carbocycles. The highest BCUT2D eigenvalue weighted by Crippen LogP contribution is 2.32. The topological polar surface area (TPSA) is 51.6 Å². The van der Waals surface area contributed by atoms with Crippen molar-refractivity contribution in [3.8, 4) is 5.75 Å². The Morgan fingerprint density at radius 2 is 2.21 bits per heavy atom. The number of rotatable bonds is 4. The number of aromatic nitrogens is 1. The summed E-state index contributed by atoms with van der Waals surface area (Å²) < 4.78 is 13.1. The molecule has 1 aromatic carbocycles. The molecule has 1 N–H and O–H groups in total. The third kappa shape index (κ3) is 3.39. The molecule has 0 bridgehead atoms. The first-order valence-electron chi connectivity index (χ1n) is 6.27. The number of phenolic OH excluding ortho intramolecular Hbond substituents is 1. The van der Waals surface area contributed by atoms with E-state index in [-0.39, 0.29) is 12.0 Å². The maximum Gasteiger partial charge on any atom is 0.158 e. The fourth-order valence-electron chi connectivity index (χ4n) is 1.90. The molecule has 19 heavy (non-hydrogen) atoms. The summed E-state index contributed by atoms with van der Waals surface area (Å²) in [5.74, 6) is 1.22. The third-order valence-electron chi connectivity index (χ3n) is 2.83. The minimum atomic E-state index is -0.0559. The van der Waals surface area contributed by atoms with Crippen LogP contribution < -0.4 is 0 Å². The van der Waals surface area contributed by atoms with Crippen LogP contribution in [0.2, 0.25) is 0 Å². The normalized spacial score (nSPS) is 17.1. The van der Waals surface area contributed by atoms with E-state index in [0.717, 1.165) is 46.4 Å². The molecule has 0 spiro atoms. The Morgan fingerprint density at radius 1 is 1.37 bits per heavy atom. The second-order valence-corrected chi connectivity index (χ2v) is 6.67. The van der Waals surface area contributed by atoms with Gasteiger partial charge in [-0.15, -0.1) is 11.3 Å². The van der Waals surface area contributed by atoms with Gasteiger partial charge >= 0.3 is 0 Å². The first-order chi connectivity index (χ1) is 9.31. The largest absolute Gasteiger partial charge is 0.508 e. The highest BCUT2D eigenvalue weighted by molar-refractivity contribution is 8.01. The summed E-state index contributed by atoms with van der Waals surface area (Å²) in [6.45, 7) is 1.60. The van der Waals surface area contributed by atoms with Crippen molar-refractivity contribution in [2.24, 2.45) is 0 Å². The van der Waals surface area contributed by atoms with E-state index in [1.165, 1.54) is 0 Å². The number of thiazole rings is 1. The molecule has 1 aliphatic heterocycles. The number of nitrogens with zero attached hydrogens (tertiary/aromatic N) is 1. The molecular weight excluding hydrogens is 282 g/mol. The van der Waals surface area contributed by atoms with Crippen LogP contribution in [0.4, 0.5) is 0 Å². The molecule has 0 aliphatic carbocycles. The zero-order valence-electron chi connectivity index (χ0n) is 10.4. The second-order valence-electron chi connectivity index (χ2n) is 4.29. The van der Waals surface area contributed by atoms with E-state index >= 15 is 0 Å². The minimum Gasteiger partial charge on any atom is -0.508 e. The van der Waals surface area contributed by atoms with Gasteiger partial charge in [0.25, 0.3) is 0 Å². The number of fused-ring (bicyclic) bond motifs is 1. The molecule has 3 rings (SSSR count). The van der Waals surface area contributed by atoms with Gasteiger partial charge in [0.2, 0.25) is 0 Å². The van der Waals surface area contributed by atoms with Gasteiger partial charge in [0.05, 0.1) is 23.4 Å². The number of thioether (sulfide) groups is 1. The van der Waals surface area contributed by atoms with Crippen molar-refractivity contribution in [1.82, 2.24) is 4.98 Å². The molecule has 0 atom stereocenters. The fraction of sp³-hybridized carbons (Fsp3) is 0.462. The summed E-state index contributed by atoms with van der Waals surface area (Å²) in [6, 6.07) is 5.27. The van der Waals surface area contributed by atoms with Crippen LogP contribution in [0.1, 0.15) is 12.8 Å². The van der Waals surface area contributed by atoms with E-state index < -0.39 is 0 Å². The van der Waals surface area contributed by atoms with Crippen LogP contribution in [-0.4, -0.2) is 35.3 Å². The van der Waals surface area contributed by atoms with E-state index in [1.807, 2.05) is 6.07 Å². The van der Waals surface area contributed by atoms with E-state index in [2.05, 4.69) is 4.98 Å². The van der Waals surface area contributed by atoms with Crippen molar-refractivity contribution in [2.45, 2.75) is 23.5 Å². The summed E-state index contributed by atoms with van der Waals surface area (Å²) >= 11 is 3.32. The number of phenols is 1. The van der Waals surface area contributed by atoms with Gasteiger partial charge in [0, 0.05) is 12.2 Å². The van der Waals surface area contributed by atoms with Crippen LogP contribution in [0.3, 0.4) is 0 Å². The van der Waals surface area contributed by atoms with Crippen LogP contribution in [-0.2, 0) is 9.47 Å². The molecule has 1 aromatic heterocycles. The lowest BCUT2D eigenvalue weighted by Gasteiger charge is -2.22. The van der Waals surface area contributed by atoms with E-state index in [4.69, 9.17) is 9.47 Å². The molecule has 6 heteroatoms.